The molecule has 0 bridgehead atoms. The molecule has 1 saturated heterocycles. The molecule has 3 aromatic rings. The Balaban J connectivity index is 1.53. The van der Waals surface area contributed by atoms with Crippen molar-refractivity contribution in [3.8, 4) is 11.5 Å². The summed E-state index contributed by atoms with van der Waals surface area (Å²) >= 11 is 0. The number of hydrogen-bond acceptors (Lipinski definition) is 8. The Morgan fingerprint density at radius 2 is 1.92 bits per heavy atom. The predicted octanol–water partition coefficient (Wildman–Crippen LogP) is 4.87. The van der Waals surface area contributed by atoms with Crippen LogP contribution in [0.1, 0.15) is 60.2 Å². The van der Waals surface area contributed by atoms with Crippen molar-refractivity contribution in [2.75, 3.05) is 33.9 Å². The highest BCUT2D eigenvalue weighted by Crippen LogP contribution is 2.30. The maximum Gasteiger partial charge on any atom is 0.310 e. The van der Waals surface area contributed by atoms with Crippen molar-refractivity contribution in [2.45, 2.75) is 45.8 Å². The van der Waals surface area contributed by atoms with Gasteiger partial charge in [-0.25, -0.2) is 4.98 Å². The van der Waals surface area contributed by atoms with Crippen LogP contribution in [0.15, 0.2) is 59.2 Å². The summed E-state index contributed by atoms with van der Waals surface area (Å²) in [7, 11) is 3.29. The SMILES string of the molecule is CCOC(=O)[C@@H]1CCCN(C(=O)c2coc(CN(Cc3cc(OC)ccc3OC)[C@@H](C)c3ccccc3)n2)C1. The van der Waals surface area contributed by atoms with Crippen molar-refractivity contribution in [1.29, 1.82) is 0 Å². The normalized spacial score (nSPS) is 16.1. The number of piperidine rings is 1. The van der Waals surface area contributed by atoms with Crippen LogP contribution in [-0.2, 0) is 22.6 Å². The molecular weight excluding hydrogens is 498 g/mol. The van der Waals surface area contributed by atoms with Gasteiger partial charge in [-0.15, -0.1) is 0 Å². The van der Waals surface area contributed by atoms with Crippen molar-refractivity contribution in [3.63, 3.8) is 0 Å². The van der Waals surface area contributed by atoms with Crippen molar-refractivity contribution in [2.24, 2.45) is 5.92 Å². The molecule has 1 aliphatic heterocycles. The summed E-state index contributed by atoms with van der Waals surface area (Å²) in [5, 5.41) is 0. The van der Waals surface area contributed by atoms with Crippen molar-refractivity contribution >= 4 is 11.9 Å². The highest BCUT2D eigenvalue weighted by molar-refractivity contribution is 5.92. The molecule has 2 heterocycles. The number of likely N-dealkylation sites (tertiary alicyclic amines) is 1. The molecule has 0 radical (unpaired) electrons. The van der Waals surface area contributed by atoms with Gasteiger partial charge in [0, 0.05) is 31.2 Å². The maximum atomic E-state index is 13.2. The zero-order valence-corrected chi connectivity index (χ0v) is 23.1. The Kier molecular flexibility index (Phi) is 9.59. The van der Waals surface area contributed by atoms with Crippen LogP contribution in [0.5, 0.6) is 11.5 Å². The van der Waals surface area contributed by atoms with E-state index < -0.39 is 0 Å². The molecule has 2 aromatic carbocycles. The molecule has 1 fully saturated rings. The van der Waals surface area contributed by atoms with E-state index in [2.05, 4.69) is 28.9 Å². The summed E-state index contributed by atoms with van der Waals surface area (Å²) in [5.74, 6) is 1.12. The predicted molar refractivity (Wildman–Crippen MR) is 145 cm³/mol. The van der Waals surface area contributed by atoms with E-state index in [1.807, 2.05) is 36.4 Å². The quantitative estimate of drug-likeness (QED) is 0.321. The first-order valence-electron chi connectivity index (χ1n) is 13.3. The number of amides is 1. The fourth-order valence-electron chi connectivity index (χ4n) is 4.93. The Morgan fingerprint density at radius 3 is 2.64 bits per heavy atom. The molecule has 2 atom stereocenters. The highest BCUT2D eigenvalue weighted by Gasteiger charge is 2.31. The maximum absolute atomic E-state index is 13.2. The average molecular weight is 536 g/mol. The molecule has 9 nitrogen and oxygen atoms in total. The number of hydrogen-bond donors (Lipinski definition) is 0. The van der Waals surface area contributed by atoms with E-state index in [0.717, 1.165) is 29.0 Å². The van der Waals surface area contributed by atoms with Crippen LogP contribution in [0.3, 0.4) is 0 Å². The number of methoxy groups -OCH3 is 2. The van der Waals surface area contributed by atoms with Gasteiger partial charge in [-0.1, -0.05) is 30.3 Å². The first-order chi connectivity index (χ1) is 18.9. The molecule has 1 amide bonds. The Bertz CT molecular complexity index is 1240. The monoisotopic (exact) mass is 535 g/mol. The molecule has 0 saturated carbocycles. The summed E-state index contributed by atoms with van der Waals surface area (Å²) in [4.78, 5) is 33.9. The zero-order valence-electron chi connectivity index (χ0n) is 23.1. The molecule has 208 valence electrons. The van der Waals surface area contributed by atoms with Crippen LogP contribution >= 0.6 is 0 Å². The van der Waals surface area contributed by atoms with Crippen LogP contribution < -0.4 is 9.47 Å². The summed E-state index contributed by atoms with van der Waals surface area (Å²) < 4.78 is 22.0. The highest BCUT2D eigenvalue weighted by atomic mass is 16.5. The number of nitrogens with zero attached hydrogens (tertiary/aromatic N) is 3. The number of carbonyl (C=O) groups is 2. The van der Waals surface area contributed by atoms with Gasteiger partial charge in [-0.05, 0) is 50.5 Å². The summed E-state index contributed by atoms with van der Waals surface area (Å²) in [6.45, 7) is 6.05. The van der Waals surface area contributed by atoms with E-state index in [0.29, 0.717) is 45.1 Å². The largest absolute Gasteiger partial charge is 0.497 e. The third-order valence-electron chi connectivity index (χ3n) is 7.13. The zero-order chi connectivity index (χ0) is 27.8. The second-order valence-electron chi connectivity index (χ2n) is 9.64. The molecule has 4 rings (SSSR count). The fourth-order valence-corrected chi connectivity index (χ4v) is 4.93. The van der Waals surface area contributed by atoms with Gasteiger partial charge in [0.25, 0.3) is 5.91 Å². The number of rotatable bonds is 11. The minimum Gasteiger partial charge on any atom is -0.497 e. The fraction of sp³-hybridized carbons (Fsp3) is 0.433. The van der Waals surface area contributed by atoms with E-state index in [1.165, 1.54) is 6.26 Å². The molecule has 0 spiro atoms. The molecule has 1 aromatic heterocycles. The van der Waals surface area contributed by atoms with Crippen LogP contribution in [0, 0.1) is 5.92 Å². The lowest BCUT2D eigenvalue weighted by molar-refractivity contribution is -0.149. The van der Waals surface area contributed by atoms with E-state index >= 15 is 0 Å². The van der Waals surface area contributed by atoms with E-state index in [1.54, 1.807) is 26.0 Å². The molecular formula is C30H37N3O6. The summed E-state index contributed by atoms with van der Waals surface area (Å²) in [6.07, 6.45) is 2.86. The molecule has 39 heavy (non-hydrogen) atoms. The van der Waals surface area contributed by atoms with Gasteiger partial charge in [0.15, 0.2) is 5.69 Å². The van der Waals surface area contributed by atoms with Crippen LogP contribution in [0.25, 0.3) is 0 Å². The third-order valence-corrected chi connectivity index (χ3v) is 7.13. The lowest BCUT2D eigenvalue weighted by Gasteiger charge is -2.31. The van der Waals surface area contributed by atoms with Gasteiger partial charge in [0.1, 0.15) is 17.8 Å². The molecule has 9 heteroatoms. The number of oxazole rings is 1. The average Bonchev–Trinajstić information content (AvgIpc) is 3.45. The standard InChI is InChI=1S/C30H37N3O6/c1-5-38-30(35)23-12-9-15-32(17-23)29(34)26-20-39-28(31-26)19-33(21(2)22-10-7-6-8-11-22)18-24-16-25(36-3)13-14-27(24)37-4/h6-8,10-11,13-14,16,20-21,23H,5,9,12,15,17-19H2,1-4H3/t21-,23+/m0/s1. The molecule has 1 aliphatic rings. The Labute approximate surface area is 229 Å². The number of ether oxygens (including phenoxy) is 3. The first-order valence-corrected chi connectivity index (χ1v) is 13.3. The van der Waals surface area contributed by atoms with E-state index in [9.17, 15) is 9.59 Å². The minimum atomic E-state index is -0.311. The Hall–Kier alpha value is -3.85. The van der Waals surface area contributed by atoms with Gasteiger partial charge in [0.2, 0.25) is 5.89 Å². The molecule has 0 N–H and O–H groups in total. The van der Waals surface area contributed by atoms with Crippen molar-refractivity contribution < 1.29 is 28.2 Å². The summed E-state index contributed by atoms with van der Waals surface area (Å²) in [5.41, 5.74) is 2.34. The van der Waals surface area contributed by atoms with Crippen LogP contribution in [0.4, 0.5) is 0 Å². The number of esters is 1. The van der Waals surface area contributed by atoms with Gasteiger partial charge in [0.05, 0.1) is 33.3 Å². The lowest BCUT2D eigenvalue weighted by atomic mass is 9.98. The molecule has 0 aliphatic carbocycles. The van der Waals surface area contributed by atoms with Gasteiger partial charge >= 0.3 is 5.97 Å². The van der Waals surface area contributed by atoms with E-state index in [4.69, 9.17) is 18.6 Å². The Morgan fingerprint density at radius 1 is 1.13 bits per heavy atom. The minimum absolute atomic E-state index is 0.0144. The van der Waals surface area contributed by atoms with Crippen LogP contribution in [0.2, 0.25) is 0 Å². The second-order valence-corrected chi connectivity index (χ2v) is 9.64. The van der Waals surface area contributed by atoms with Crippen molar-refractivity contribution in [3.05, 3.63) is 77.5 Å². The topological polar surface area (TPSA) is 94.3 Å². The second kappa shape index (κ2) is 13.3. The number of benzene rings is 2. The first kappa shape index (κ1) is 28.2. The van der Waals surface area contributed by atoms with Gasteiger partial charge in [-0.2, -0.15) is 0 Å². The van der Waals surface area contributed by atoms with Crippen molar-refractivity contribution in [1.82, 2.24) is 14.8 Å². The lowest BCUT2D eigenvalue weighted by Crippen LogP contribution is -2.43. The number of carbonyl (C=O) groups excluding carboxylic acids is 2. The third kappa shape index (κ3) is 6.97. The van der Waals surface area contributed by atoms with Crippen LogP contribution in [-0.4, -0.2) is 60.6 Å². The van der Waals surface area contributed by atoms with Gasteiger partial charge in [-0.3, -0.25) is 14.5 Å². The van der Waals surface area contributed by atoms with E-state index in [-0.39, 0.29) is 29.5 Å². The summed E-state index contributed by atoms with van der Waals surface area (Å²) in [6, 6.07) is 15.9. The number of aromatic nitrogens is 1. The molecule has 0 unspecified atom stereocenters. The smallest absolute Gasteiger partial charge is 0.310 e. The van der Waals surface area contributed by atoms with Gasteiger partial charge < -0.3 is 23.5 Å².